The van der Waals surface area contributed by atoms with E-state index in [1.165, 1.54) is 37.7 Å². The van der Waals surface area contributed by atoms with Gasteiger partial charge in [-0.2, -0.15) is 0 Å². The monoisotopic (exact) mass is 455 g/mol. The van der Waals surface area contributed by atoms with Crippen LogP contribution in [0.3, 0.4) is 0 Å². The van der Waals surface area contributed by atoms with Crippen LogP contribution in [-0.2, 0) is 4.79 Å². The summed E-state index contributed by atoms with van der Waals surface area (Å²) in [5, 5.41) is 10.5. The van der Waals surface area contributed by atoms with Gasteiger partial charge in [0.1, 0.15) is 0 Å². The van der Waals surface area contributed by atoms with Gasteiger partial charge in [-0.05, 0) is 122 Å². The zero-order valence-electron chi connectivity index (χ0n) is 22.2. The molecule has 3 heteroatoms. The highest BCUT2D eigenvalue weighted by Gasteiger charge is 2.71. The number of hydrogen-bond donors (Lipinski definition) is 2. The first-order chi connectivity index (χ1) is 15.3. The summed E-state index contributed by atoms with van der Waals surface area (Å²) in [6.07, 6.45) is 11.3. The Morgan fingerprint density at radius 1 is 0.848 bits per heavy atom. The molecule has 0 heterocycles. The van der Waals surface area contributed by atoms with Crippen LogP contribution in [0.2, 0.25) is 0 Å². The van der Waals surface area contributed by atoms with Crippen LogP contribution < -0.4 is 5.73 Å². The van der Waals surface area contributed by atoms with Crippen LogP contribution in [-0.4, -0.2) is 17.1 Å². The van der Waals surface area contributed by atoms with Crippen molar-refractivity contribution in [3.05, 3.63) is 12.2 Å². The van der Waals surface area contributed by atoms with Crippen LogP contribution in [0.1, 0.15) is 106 Å². The van der Waals surface area contributed by atoms with E-state index < -0.39 is 11.4 Å². The zero-order valence-corrected chi connectivity index (χ0v) is 22.2. The van der Waals surface area contributed by atoms with E-state index in [2.05, 4.69) is 48.1 Å². The number of allylic oxidation sites excluding steroid dienone is 1. The van der Waals surface area contributed by atoms with Crippen molar-refractivity contribution in [3.63, 3.8) is 0 Å². The Kier molecular flexibility index (Phi) is 5.15. The first-order valence-electron chi connectivity index (χ1n) is 13.9. The summed E-state index contributed by atoms with van der Waals surface area (Å²) in [7, 11) is 0. The molecule has 0 aliphatic heterocycles. The van der Waals surface area contributed by atoms with E-state index in [0.29, 0.717) is 29.2 Å². The number of nitrogens with two attached hydrogens (primary N) is 1. The van der Waals surface area contributed by atoms with Gasteiger partial charge in [0, 0.05) is 6.04 Å². The molecule has 0 radical (unpaired) electrons. The van der Waals surface area contributed by atoms with Gasteiger partial charge >= 0.3 is 5.97 Å². The number of rotatable bonds is 2. The minimum atomic E-state index is -0.524. The molecule has 0 aromatic heterocycles. The van der Waals surface area contributed by atoms with Gasteiger partial charge in [0.25, 0.3) is 0 Å². The maximum atomic E-state index is 12.8. The highest BCUT2D eigenvalue weighted by atomic mass is 16.4. The van der Waals surface area contributed by atoms with Crippen LogP contribution in [0.5, 0.6) is 0 Å². The lowest BCUT2D eigenvalue weighted by Gasteiger charge is -2.72. The summed E-state index contributed by atoms with van der Waals surface area (Å²) in [5.74, 6) is 2.05. The zero-order chi connectivity index (χ0) is 24.2. The fourth-order valence-corrected chi connectivity index (χ4v) is 11.5. The Balaban J connectivity index is 1.57. The van der Waals surface area contributed by atoms with E-state index >= 15 is 0 Å². The highest BCUT2D eigenvalue weighted by Crippen LogP contribution is 2.77. The second-order valence-electron chi connectivity index (χ2n) is 14.6. The van der Waals surface area contributed by atoms with Gasteiger partial charge in [-0.25, -0.2) is 0 Å². The molecule has 3 nitrogen and oxygen atoms in total. The molecule has 5 fully saturated rings. The Labute approximate surface area is 202 Å². The van der Waals surface area contributed by atoms with Crippen LogP contribution in [0, 0.1) is 56.7 Å². The van der Waals surface area contributed by atoms with Crippen molar-refractivity contribution in [3.8, 4) is 0 Å². The average molecular weight is 456 g/mol. The summed E-state index contributed by atoms with van der Waals surface area (Å²) in [6, 6.07) is 0.313. The first-order valence-corrected chi connectivity index (χ1v) is 13.9. The Hall–Kier alpha value is -0.830. The molecule has 5 saturated carbocycles. The van der Waals surface area contributed by atoms with Gasteiger partial charge in [-0.1, -0.05) is 46.8 Å². The van der Waals surface area contributed by atoms with Crippen molar-refractivity contribution in [2.75, 3.05) is 0 Å². The van der Waals surface area contributed by atoms with E-state index in [4.69, 9.17) is 5.73 Å². The number of hydrogen-bond acceptors (Lipinski definition) is 2. The molecule has 5 rings (SSSR count). The average Bonchev–Trinajstić information content (AvgIpc) is 3.13. The van der Waals surface area contributed by atoms with Crippen molar-refractivity contribution < 1.29 is 9.90 Å². The molecule has 0 bridgehead atoms. The molecule has 0 aromatic rings. The predicted molar refractivity (Wildman–Crippen MR) is 135 cm³/mol. The molecule has 0 aromatic carbocycles. The summed E-state index contributed by atoms with van der Waals surface area (Å²) < 4.78 is 0. The van der Waals surface area contributed by atoms with Gasteiger partial charge in [0.2, 0.25) is 0 Å². The number of carboxylic acids is 1. The van der Waals surface area contributed by atoms with E-state index in [1.807, 2.05) is 0 Å². The van der Waals surface area contributed by atoms with E-state index in [1.54, 1.807) is 0 Å². The minimum absolute atomic E-state index is 0.202. The van der Waals surface area contributed by atoms with Crippen LogP contribution in [0.25, 0.3) is 0 Å². The standard InChI is InChI=1S/C30H49NO2/c1-18(2)19-10-15-30(25(32)33)17-16-28(6)20(24(19)30)8-9-22-27(5)13-12-23(31)26(3,4)21(27)11-14-29(22,28)7/h19-24H,1,8-17,31H2,2-7H3,(H,32,33)/t19-,20?,21?,22?,23-,24?,27-,28+,29+,30-/m0/s1. The van der Waals surface area contributed by atoms with Crippen LogP contribution >= 0.6 is 0 Å². The molecular formula is C30H49NO2. The van der Waals surface area contributed by atoms with Gasteiger partial charge in [-0.15, -0.1) is 0 Å². The molecule has 186 valence electrons. The van der Waals surface area contributed by atoms with E-state index in [0.717, 1.165) is 38.0 Å². The van der Waals surface area contributed by atoms with Gasteiger partial charge in [0.05, 0.1) is 5.41 Å². The predicted octanol–water partition coefficient (Wildman–Crippen LogP) is 7.06. The third-order valence-corrected chi connectivity index (χ3v) is 13.6. The normalized spacial score (nSPS) is 55.0. The molecule has 33 heavy (non-hydrogen) atoms. The number of carboxylic acid groups (broad SMARTS) is 1. The quantitative estimate of drug-likeness (QED) is 0.438. The fourth-order valence-electron chi connectivity index (χ4n) is 11.5. The van der Waals surface area contributed by atoms with E-state index in [-0.39, 0.29) is 22.2 Å². The summed E-state index contributed by atoms with van der Waals surface area (Å²) in [6.45, 7) is 19.2. The van der Waals surface area contributed by atoms with Crippen molar-refractivity contribution in [1.82, 2.24) is 0 Å². The molecule has 5 aliphatic rings. The van der Waals surface area contributed by atoms with Crippen LogP contribution in [0.15, 0.2) is 12.2 Å². The lowest BCUT2D eigenvalue weighted by molar-refractivity contribution is -0.239. The number of fused-ring (bicyclic) bond motifs is 7. The summed E-state index contributed by atoms with van der Waals surface area (Å²) >= 11 is 0. The lowest BCUT2D eigenvalue weighted by Crippen LogP contribution is -2.67. The molecule has 0 amide bonds. The van der Waals surface area contributed by atoms with Gasteiger partial charge in [-0.3, -0.25) is 4.79 Å². The Bertz CT molecular complexity index is 863. The molecular weight excluding hydrogens is 406 g/mol. The Morgan fingerprint density at radius 3 is 2.18 bits per heavy atom. The topological polar surface area (TPSA) is 63.3 Å². The highest BCUT2D eigenvalue weighted by molar-refractivity contribution is 5.76. The molecule has 3 N–H and O–H groups in total. The minimum Gasteiger partial charge on any atom is -0.481 e. The van der Waals surface area contributed by atoms with Crippen LogP contribution in [0.4, 0.5) is 0 Å². The molecule has 0 spiro atoms. The van der Waals surface area contributed by atoms with Gasteiger partial charge in [0.15, 0.2) is 0 Å². The number of aliphatic carboxylic acids is 1. The van der Waals surface area contributed by atoms with Crippen molar-refractivity contribution in [2.45, 2.75) is 112 Å². The lowest BCUT2D eigenvalue weighted by atomic mass is 9.32. The third kappa shape index (κ3) is 2.75. The molecule has 5 aliphatic carbocycles. The molecule has 0 saturated heterocycles. The smallest absolute Gasteiger partial charge is 0.309 e. The van der Waals surface area contributed by atoms with Gasteiger partial charge < -0.3 is 10.8 Å². The second-order valence-corrected chi connectivity index (χ2v) is 14.6. The van der Waals surface area contributed by atoms with Crippen molar-refractivity contribution in [1.29, 1.82) is 0 Å². The number of carbonyl (C=O) groups is 1. The fraction of sp³-hybridized carbons (Fsp3) is 0.900. The Morgan fingerprint density at radius 2 is 1.55 bits per heavy atom. The third-order valence-electron chi connectivity index (χ3n) is 13.6. The SMILES string of the molecule is C=C(C)[C@@H]1CC[C@]2(C(=O)O)CC[C@]3(C)C(CCC4[C@@]5(C)CC[C@H](N)C(C)(C)C5CC[C@]43C)C12. The summed E-state index contributed by atoms with van der Waals surface area (Å²) in [5.41, 5.74) is 8.45. The van der Waals surface area contributed by atoms with E-state index in [9.17, 15) is 9.90 Å². The second kappa shape index (κ2) is 7.11. The first kappa shape index (κ1) is 23.9. The molecule has 4 unspecified atom stereocenters. The maximum absolute atomic E-state index is 12.8. The van der Waals surface area contributed by atoms with Crippen molar-refractivity contribution in [2.24, 2.45) is 62.4 Å². The maximum Gasteiger partial charge on any atom is 0.309 e. The summed E-state index contributed by atoms with van der Waals surface area (Å²) in [4.78, 5) is 12.8. The van der Waals surface area contributed by atoms with Crippen molar-refractivity contribution >= 4 is 5.97 Å². The molecule has 10 atom stereocenters. The largest absolute Gasteiger partial charge is 0.481 e.